The molecular formula is C29H28F6N2O5. The lowest BCUT2D eigenvalue weighted by Crippen LogP contribution is -2.55. The van der Waals surface area contributed by atoms with E-state index in [2.05, 4.69) is 15.4 Å². The van der Waals surface area contributed by atoms with Crippen LogP contribution in [0.4, 0.5) is 31.1 Å². The molecule has 3 aromatic rings. The maximum Gasteiger partial charge on any atom is 0.461 e. The first kappa shape index (κ1) is 31.1. The van der Waals surface area contributed by atoms with E-state index in [-0.39, 0.29) is 24.0 Å². The number of carbonyl (C=O) groups excluding carboxylic acids is 1. The SMILES string of the molecule is O=C(N[C@H]1C[C@@H](CO)[C@H](O)[C@@H]1O)N[C@](Cc1ccccc1)(c1ccc(F)cc1)c1cc(F)cc(OC(F)(F)C(F)F)c1. The lowest BCUT2D eigenvalue weighted by atomic mass is 9.77. The molecule has 5 N–H and O–H groups in total. The zero-order valence-corrected chi connectivity index (χ0v) is 21.9. The molecule has 0 saturated heterocycles. The average Bonchev–Trinajstić information content (AvgIpc) is 3.20. The molecule has 0 aliphatic heterocycles. The molecule has 7 nitrogen and oxygen atoms in total. The molecule has 0 unspecified atom stereocenters. The van der Waals surface area contributed by atoms with Crippen LogP contribution in [-0.2, 0) is 12.0 Å². The number of nitrogens with one attached hydrogen (secondary N) is 2. The highest BCUT2D eigenvalue weighted by molar-refractivity contribution is 5.77. The molecule has 0 radical (unpaired) electrons. The van der Waals surface area contributed by atoms with Crippen molar-refractivity contribution in [3.05, 3.63) is 101 Å². The van der Waals surface area contributed by atoms with Gasteiger partial charge in [-0.15, -0.1) is 0 Å². The van der Waals surface area contributed by atoms with Gasteiger partial charge in [-0.05, 0) is 47.4 Å². The van der Waals surface area contributed by atoms with E-state index >= 15 is 0 Å². The monoisotopic (exact) mass is 598 g/mol. The second-order valence-electron chi connectivity index (χ2n) is 10.1. The van der Waals surface area contributed by atoms with Crippen molar-refractivity contribution in [2.75, 3.05) is 6.61 Å². The number of carbonyl (C=O) groups is 1. The molecule has 0 bridgehead atoms. The van der Waals surface area contributed by atoms with Crippen molar-refractivity contribution in [1.82, 2.24) is 10.6 Å². The Hall–Kier alpha value is -3.81. The van der Waals surface area contributed by atoms with E-state index in [1.54, 1.807) is 30.3 Å². The number of alkyl halides is 4. The molecule has 5 atom stereocenters. The number of hydrogen-bond acceptors (Lipinski definition) is 5. The average molecular weight is 599 g/mol. The fourth-order valence-electron chi connectivity index (χ4n) is 5.11. The summed E-state index contributed by atoms with van der Waals surface area (Å²) in [6.45, 7) is -0.457. The third kappa shape index (κ3) is 6.80. The number of hydrogen-bond donors (Lipinski definition) is 5. The Kier molecular flexibility index (Phi) is 9.34. The lowest BCUT2D eigenvalue weighted by molar-refractivity contribution is -0.253. The molecule has 1 fully saturated rings. The number of rotatable bonds is 10. The van der Waals surface area contributed by atoms with E-state index in [1.807, 2.05) is 0 Å². The molecule has 1 saturated carbocycles. The summed E-state index contributed by atoms with van der Waals surface area (Å²) in [5, 5.41) is 35.2. The van der Waals surface area contributed by atoms with Crippen LogP contribution in [0.3, 0.4) is 0 Å². The molecule has 13 heteroatoms. The van der Waals surface area contributed by atoms with Gasteiger partial charge in [0, 0.05) is 25.0 Å². The highest BCUT2D eigenvalue weighted by Crippen LogP contribution is 2.38. The van der Waals surface area contributed by atoms with Gasteiger partial charge in [0.25, 0.3) is 0 Å². The van der Waals surface area contributed by atoms with Crippen molar-refractivity contribution >= 4 is 6.03 Å². The zero-order valence-electron chi connectivity index (χ0n) is 21.9. The van der Waals surface area contributed by atoms with Gasteiger partial charge in [-0.3, -0.25) is 0 Å². The number of aliphatic hydroxyl groups is 3. The Bertz CT molecular complexity index is 1360. The van der Waals surface area contributed by atoms with Crippen LogP contribution in [0.25, 0.3) is 0 Å². The number of benzene rings is 3. The van der Waals surface area contributed by atoms with Crippen molar-refractivity contribution in [1.29, 1.82) is 0 Å². The smallest absolute Gasteiger partial charge is 0.428 e. The van der Waals surface area contributed by atoms with Gasteiger partial charge in [-0.2, -0.15) is 17.6 Å². The Morgan fingerprint density at radius 2 is 1.60 bits per heavy atom. The summed E-state index contributed by atoms with van der Waals surface area (Å²) in [6.07, 6.45) is -12.1. The summed E-state index contributed by atoms with van der Waals surface area (Å²) in [6, 6.07) is 13.2. The summed E-state index contributed by atoms with van der Waals surface area (Å²) >= 11 is 0. The second-order valence-corrected chi connectivity index (χ2v) is 10.1. The Morgan fingerprint density at radius 1 is 0.929 bits per heavy atom. The lowest BCUT2D eigenvalue weighted by Gasteiger charge is -2.37. The third-order valence-corrected chi connectivity index (χ3v) is 7.20. The van der Waals surface area contributed by atoms with Gasteiger partial charge in [0.2, 0.25) is 0 Å². The van der Waals surface area contributed by atoms with Gasteiger partial charge in [0.05, 0.1) is 17.7 Å². The van der Waals surface area contributed by atoms with E-state index < -0.39 is 72.3 Å². The van der Waals surface area contributed by atoms with Crippen LogP contribution in [0.1, 0.15) is 23.1 Å². The Balaban J connectivity index is 1.83. The maximum atomic E-state index is 14.9. The van der Waals surface area contributed by atoms with Crippen molar-refractivity contribution in [2.24, 2.45) is 5.92 Å². The molecule has 2 amide bonds. The van der Waals surface area contributed by atoms with Crippen LogP contribution >= 0.6 is 0 Å². The predicted molar refractivity (Wildman–Crippen MR) is 138 cm³/mol. The molecular weight excluding hydrogens is 570 g/mol. The quantitative estimate of drug-likeness (QED) is 0.226. The highest BCUT2D eigenvalue weighted by Gasteiger charge is 2.46. The first-order valence-electron chi connectivity index (χ1n) is 12.9. The standard InChI is InChI=1S/C29H28F6N2O5/c30-20-8-6-18(7-9-20)28(14-16-4-2-1-3-5-16,37-27(41)36-23-10-17(15-38)24(39)25(23)40)19-11-21(31)13-22(12-19)42-29(34,35)26(32)33/h1-9,11-13,17,23-26,38-40H,10,14-15H2,(H2,36,37,41)/t17-,23-,24-,25+,28+/m0/s1. The minimum absolute atomic E-state index is 0.00908. The molecule has 0 aromatic heterocycles. The molecule has 0 heterocycles. The van der Waals surface area contributed by atoms with Gasteiger partial charge in [0.15, 0.2) is 0 Å². The van der Waals surface area contributed by atoms with Crippen molar-refractivity contribution in [2.45, 2.75) is 49.2 Å². The van der Waals surface area contributed by atoms with E-state index in [4.69, 9.17) is 0 Å². The molecule has 42 heavy (non-hydrogen) atoms. The van der Waals surface area contributed by atoms with Crippen LogP contribution in [0.2, 0.25) is 0 Å². The summed E-state index contributed by atoms with van der Waals surface area (Å²) < 4.78 is 86.4. The Labute approximate surface area is 236 Å². The summed E-state index contributed by atoms with van der Waals surface area (Å²) in [5.74, 6) is -3.50. The first-order valence-corrected chi connectivity index (χ1v) is 12.9. The topological polar surface area (TPSA) is 111 Å². The zero-order chi connectivity index (χ0) is 30.7. The number of aliphatic hydroxyl groups excluding tert-OH is 3. The Morgan fingerprint density at radius 3 is 2.19 bits per heavy atom. The van der Waals surface area contributed by atoms with Gasteiger partial charge in [0.1, 0.15) is 23.5 Å². The van der Waals surface area contributed by atoms with Gasteiger partial charge in [-0.1, -0.05) is 42.5 Å². The molecule has 1 aliphatic rings. The molecule has 0 spiro atoms. The van der Waals surface area contributed by atoms with Crippen molar-refractivity contribution in [3.63, 3.8) is 0 Å². The third-order valence-electron chi connectivity index (χ3n) is 7.20. The minimum atomic E-state index is -4.96. The molecule has 4 rings (SSSR count). The fourth-order valence-corrected chi connectivity index (χ4v) is 5.11. The maximum absolute atomic E-state index is 14.9. The second kappa shape index (κ2) is 12.6. The molecule has 226 valence electrons. The van der Waals surface area contributed by atoms with Crippen LogP contribution in [0.5, 0.6) is 5.75 Å². The molecule has 1 aliphatic carbocycles. The first-order chi connectivity index (χ1) is 19.8. The number of ether oxygens (including phenoxy) is 1. The van der Waals surface area contributed by atoms with E-state index in [0.29, 0.717) is 11.6 Å². The summed E-state index contributed by atoms with van der Waals surface area (Å²) in [7, 11) is 0. The van der Waals surface area contributed by atoms with Gasteiger partial charge in [-0.25, -0.2) is 13.6 Å². The molecule has 3 aromatic carbocycles. The van der Waals surface area contributed by atoms with E-state index in [1.165, 1.54) is 12.1 Å². The summed E-state index contributed by atoms with van der Waals surface area (Å²) in [5.41, 5.74) is -1.37. The van der Waals surface area contributed by atoms with Crippen LogP contribution in [0, 0.1) is 17.6 Å². The minimum Gasteiger partial charge on any atom is -0.428 e. The summed E-state index contributed by atoms with van der Waals surface area (Å²) in [4.78, 5) is 13.5. The van der Waals surface area contributed by atoms with E-state index in [9.17, 15) is 46.5 Å². The highest BCUT2D eigenvalue weighted by atomic mass is 19.3. The van der Waals surface area contributed by atoms with Crippen LogP contribution < -0.4 is 15.4 Å². The van der Waals surface area contributed by atoms with Gasteiger partial charge >= 0.3 is 18.6 Å². The number of halogens is 6. The van der Waals surface area contributed by atoms with E-state index in [0.717, 1.165) is 24.3 Å². The van der Waals surface area contributed by atoms with Crippen molar-refractivity contribution in [3.8, 4) is 5.75 Å². The predicted octanol–water partition coefficient (Wildman–Crippen LogP) is 4.09. The van der Waals surface area contributed by atoms with Crippen LogP contribution in [-0.4, -0.2) is 58.7 Å². The number of amides is 2. The van der Waals surface area contributed by atoms with Gasteiger partial charge < -0.3 is 30.7 Å². The number of urea groups is 1. The van der Waals surface area contributed by atoms with Crippen LogP contribution in [0.15, 0.2) is 72.8 Å². The van der Waals surface area contributed by atoms with Crippen molar-refractivity contribution < 1.29 is 51.2 Å². The fraction of sp³-hybridized carbons (Fsp3) is 0.345. The normalized spacial score (nSPS) is 22.0. The largest absolute Gasteiger partial charge is 0.461 e.